The third kappa shape index (κ3) is 18.5. The van der Waals surface area contributed by atoms with Crippen LogP contribution in [0, 0.1) is 5.92 Å². The molecule has 0 amide bonds. The van der Waals surface area contributed by atoms with E-state index in [9.17, 15) is 0 Å². The minimum absolute atomic E-state index is 0.00709. The van der Waals surface area contributed by atoms with Gasteiger partial charge in [0.15, 0.2) is 6.40 Å². The SMILES string of the molecule is CCCCCCCCCCCCCCCC(C)C(COCCO)OCC1(COCCOCCO)COC=N1. The molecule has 3 atom stereocenters. The van der Waals surface area contributed by atoms with Crippen molar-refractivity contribution in [2.24, 2.45) is 10.9 Å². The molecule has 0 radical (unpaired) electrons. The molecule has 0 bridgehead atoms. The predicted molar refractivity (Wildman–Crippen MR) is 153 cm³/mol. The molecule has 3 unspecified atom stereocenters. The first kappa shape index (κ1) is 35.3. The molecule has 2 N–H and O–H groups in total. The highest BCUT2D eigenvalue weighted by molar-refractivity contribution is 5.50. The molecule has 226 valence electrons. The minimum Gasteiger partial charge on any atom is -0.481 e. The summed E-state index contributed by atoms with van der Waals surface area (Å²) in [6.07, 6.45) is 20.1. The molecule has 0 fully saturated rings. The minimum atomic E-state index is -0.568. The lowest BCUT2D eigenvalue weighted by Crippen LogP contribution is -2.43. The van der Waals surface area contributed by atoms with Crippen LogP contribution in [0.5, 0.6) is 0 Å². The summed E-state index contributed by atoms with van der Waals surface area (Å²) in [7, 11) is 0. The van der Waals surface area contributed by atoms with Gasteiger partial charge in [0, 0.05) is 0 Å². The Labute approximate surface area is 232 Å². The summed E-state index contributed by atoms with van der Waals surface area (Å²) in [6, 6.07) is 0. The maximum atomic E-state index is 9.13. The maximum Gasteiger partial charge on any atom is 0.170 e. The number of hydrogen-bond acceptors (Lipinski definition) is 8. The lowest BCUT2D eigenvalue weighted by Gasteiger charge is -2.30. The Morgan fingerprint density at radius 1 is 0.763 bits per heavy atom. The lowest BCUT2D eigenvalue weighted by molar-refractivity contribution is -0.0784. The summed E-state index contributed by atoms with van der Waals surface area (Å²) in [5, 5.41) is 17.9. The van der Waals surface area contributed by atoms with Gasteiger partial charge >= 0.3 is 0 Å². The van der Waals surface area contributed by atoms with E-state index in [0.29, 0.717) is 58.8 Å². The normalized spacial score (nSPS) is 18.6. The number of rotatable bonds is 29. The van der Waals surface area contributed by atoms with E-state index in [0.717, 1.165) is 6.42 Å². The highest BCUT2D eigenvalue weighted by Gasteiger charge is 2.36. The van der Waals surface area contributed by atoms with Gasteiger partial charge in [-0.2, -0.15) is 0 Å². The number of ether oxygens (including phenoxy) is 5. The molecule has 0 aromatic carbocycles. The Hall–Kier alpha value is -0.770. The number of aliphatic hydroxyl groups excluding tert-OH is 2. The zero-order valence-electron chi connectivity index (χ0n) is 24.6. The fraction of sp³-hybridized carbons (Fsp3) is 0.967. The summed E-state index contributed by atoms with van der Waals surface area (Å²) in [5.41, 5.74) is -0.568. The van der Waals surface area contributed by atoms with Crippen LogP contribution in [0.1, 0.15) is 104 Å². The fourth-order valence-corrected chi connectivity index (χ4v) is 4.70. The first-order valence-corrected chi connectivity index (χ1v) is 15.4. The smallest absolute Gasteiger partial charge is 0.170 e. The van der Waals surface area contributed by atoms with Crippen LogP contribution in [-0.4, -0.2) is 94.3 Å². The van der Waals surface area contributed by atoms with E-state index in [4.69, 9.17) is 33.9 Å². The molecule has 1 rings (SSSR count). The molecule has 1 heterocycles. The summed E-state index contributed by atoms with van der Waals surface area (Å²) in [5.74, 6) is 0.345. The summed E-state index contributed by atoms with van der Waals surface area (Å²) in [4.78, 5) is 4.51. The van der Waals surface area contributed by atoms with E-state index in [-0.39, 0.29) is 19.3 Å². The molecule has 1 aliphatic heterocycles. The van der Waals surface area contributed by atoms with E-state index in [2.05, 4.69) is 18.8 Å². The van der Waals surface area contributed by atoms with Crippen molar-refractivity contribution in [2.75, 3.05) is 66.1 Å². The van der Waals surface area contributed by atoms with Gasteiger partial charge in [-0.25, -0.2) is 4.99 Å². The second-order valence-electron chi connectivity index (χ2n) is 10.8. The van der Waals surface area contributed by atoms with Crippen molar-refractivity contribution >= 4 is 6.40 Å². The standard InChI is InChI=1S/C30H59NO7/c1-3-4-5-6-7-8-9-10-11-12-13-14-15-16-28(2)29(23-35-20-18-33)38-26-30(25-37-27-31-30)24-36-22-21-34-19-17-32/h27-29,32-33H,3-26H2,1-2H3. The maximum absolute atomic E-state index is 9.13. The highest BCUT2D eigenvalue weighted by Crippen LogP contribution is 2.23. The predicted octanol–water partition coefficient (Wildman–Crippen LogP) is 5.32. The summed E-state index contributed by atoms with van der Waals surface area (Å²) in [6.45, 7) is 7.63. The van der Waals surface area contributed by atoms with Crippen molar-refractivity contribution in [2.45, 2.75) is 115 Å². The van der Waals surface area contributed by atoms with Gasteiger partial charge in [0.1, 0.15) is 12.1 Å². The topological polar surface area (TPSA) is 99.0 Å². The Balaban J connectivity index is 2.26. The molecule has 8 nitrogen and oxygen atoms in total. The van der Waals surface area contributed by atoms with Crippen molar-refractivity contribution < 1.29 is 33.9 Å². The third-order valence-electron chi connectivity index (χ3n) is 7.21. The van der Waals surface area contributed by atoms with E-state index < -0.39 is 5.54 Å². The molecule has 8 heteroatoms. The number of aliphatic hydroxyl groups is 2. The van der Waals surface area contributed by atoms with Gasteiger partial charge in [0.05, 0.1) is 65.6 Å². The first-order valence-electron chi connectivity index (χ1n) is 15.4. The van der Waals surface area contributed by atoms with Crippen molar-refractivity contribution in [3.8, 4) is 0 Å². The Morgan fingerprint density at radius 2 is 1.34 bits per heavy atom. The first-order chi connectivity index (χ1) is 18.7. The van der Waals surface area contributed by atoms with Gasteiger partial charge in [0.2, 0.25) is 0 Å². The number of unbranched alkanes of at least 4 members (excludes halogenated alkanes) is 12. The van der Waals surface area contributed by atoms with Crippen molar-refractivity contribution in [1.82, 2.24) is 0 Å². The zero-order valence-corrected chi connectivity index (χ0v) is 24.6. The average Bonchev–Trinajstić information content (AvgIpc) is 3.39. The zero-order chi connectivity index (χ0) is 27.6. The van der Waals surface area contributed by atoms with Crippen LogP contribution in [0.2, 0.25) is 0 Å². The fourth-order valence-electron chi connectivity index (χ4n) is 4.70. The van der Waals surface area contributed by atoms with Gasteiger partial charge in [0.25, 0.3) is 0 Å². The van der Waals surface area contributed by atoms with Crippen LogP contribution < -0.4 is 0 Å². The van der Waals surface area contributed by atoms with Gasteiger partial charge < -0.3 is 33.9 Å². The monoisotopic (exact) mass is 545 g/mol. The van der Waals surface area contributed by atoms with E-state index in [1.54, 1.807) is 0 Å². The highest BCUT2D eigenvalue weighted by atomic mass is 16.6. The lowest BCUT2D eigenvalue weighted by atomic mass is 9.96. The van der Waals surface area contributed by atoms with E-state index in [1.165, 1.54) is 89.9 Å². The van der Waals surface area contributed by atoms with Crippen molar-refractivity contribution in [1.29, 1.82) is 0 Å². The van der Waals surface area contributed by atoms with Crippen LogP contribution in [0.4, 0.5) is 0 Å². The second-order valence-corrected chi connectivity index (χ2v) is 10.8. The molecule has 0 saturated carbocycles. The second kappa shape index (κ2) is 25.2. The molecule has 1 aliphatic rings. The molecule has 0 aliphatic carbocycles. The third-order valence-corrected chi connectivity index (χ3v) is 7.21. The van der Waals surface area contributed by atoms with Crippen molar-refractivity contribution in [3.05, 3.63) is 0 Å². The van der Waals surface area contributed by atoms with Crippen LogP contribution in [-0.2, 0) is 23.7 Å². The molecule has 38 heavy (non-hydrogen) atoms. The largest absolute Gasteiger partial charge is 0.481 e. The van der Waals surface area contributed by atoms with Gasteiger partial charge in [-0.1, -0.05) is 97.3 Å². The summed E-state index contributed by atoms with van der Waals surface area (Å²) >= 11 is 0. The number of nitrogens with zero attached hydrogens (tertiary/aromatic N) is 1. The summed E-state index contributed by atoms with van der Waals surface area (Å²) < 4.78 is 28.4. The van der Waals surface area contributed by atoms with E-state index >= 15 is 0 Å². The van der Waals surface area contributed by atoms with Crippen LogP contribution in [0.3, 0.4) is 0 Å². The quantitative estimate of drug-likeness (QED) is 0.123. The molecule has 0 aromatic heterocycles. The van der Waals surface area contributed by atoms with E-state index in [1.807, 2.05) is 0 Å². The Kier molecular flexibility index (Phi) is 23.4. The van der Waals surface area contributed by atoms with Crippen molar-refractivity contribution in [3.63, 3.8) is 0 Å². The van der Waals surface area contributed by atoms with Gasteiger partial charge in [-0.15, -0.1) is 0 Å². The number of hydrogen-bond donors (Lipinski definition) is 2. The Morgan fingerprint density at radius 3 is 1.92 bits per heavy atom. The van der Waals surface area contributed by atoms with Crippen LogP contribution in [0.15, 0.2) is 4.99 Å². The molecule has 0 spiro atoms. The van der Waals surface area contributed by atoms with Crippen LogP contribution >= 0.6 is 0 Å². The van der Waals surface area contributed by atoms with Gasteiger partial charge in [-0.3, -0.25) is 0 Å². The number of aliphatic imine (C=N–C) groups is 1. The Bertz CT molecular complexity index is 537. The average molecular weight is 546 g/mol. The molecule has 0 saturated heterocycles. The van der Waals surface area contributed by atoms with Crippen LogP contribution in [0.25, 0.3) is 0 Å². The molecular weight excluding hydrogens is 486 g/mol. The van der Waals surface area contributed by atoms with Gasteiger partial charge in [-0.05, 0) is 12.3 Å². The molecular formula is C30H59NO7. The molecule has 0 aromatic rings.